The first-order chi connectivity index (χ1) is 4.66. The fourth-order valence-electron chi connectivity index (χ4n) is 0.288. The van der Waals surface area contributed by atoms with E-state index < -0.39 is 0 Å². The Kier molecular flexibility index (Phi) is 4.12. The van der Waals surface area contributed by atoms with Crippen LogP contribution in [0.1, 0.15) is 6.92 Å². The summed E-state index contributed by atoms with van der Waals surface area (Å²) in [5, 5.41) is 0. The molecule has 2 heteroatoms. The van der Waals surface area contributed by atoms with Crippen LogP contribution in [0.4, 0.5) is 4.39 Å². The van der Waals surface area contributed by atoms with Gasteiger partial charge in [-0.2, -0.15) is 0 Å². The number of allylic oxidation sites excluding steroid dienone is 3. The van der Waals surface area contributed by atoms with E-state index in [-0.39, 0.29) is 5.83 Å². The third kappa shape index (κ3) is 4.97. The minimum absolute atomic E-state index is 0.326. The average molecular weight is 139 g/mol. The number of nitrogens with zero attached hydrogens (tertiary/aromatic N) is 1. The summed E-state index contributed by atoms with van der Waals surface area (Å²) in [6.07, 6.45) is 4.11. The van der Waals surface area contributed by atoms with Crippen molar-refractivity contribution in [3.05, 3.63) is 36.8 Å². The van der Waals surface area contributed by atoms with Gasteiger partial charge in [0.2, 0.25) is 0 Å². The highest BCUT2D eigenvalue weighted by molar-refractivity contribution is 5.81. The van der Waals surface area contributed by atoms with Gasteiger partial charge < -0.3 is 0 Å². The Morgan fingerprint density at radius 3 is 2.60 bits per heavy atom. The predicted octanol–water partition coefficient (Wildman–Crippen LogP) is 2.63. The van der Waals surface area contributed by atoms with Crippen molar-refractivity contribution in [1.29, 1.82) is 0 Å². The van der Waals surface area contributed by atoms with Crippen LogP contribution in [0.3, 0.4) is 0 Å². The van der Waals surface area contributed by atoms with Gasteiger partial charge in [0, 0.05) is 6.21 Å². The number of hydrogen-bond acceptors (Lipinski definition) is 1. The van der Waals surface area contributed by atoms with Crippen molar-refractivity contribution in [2.75, 3.05) is 0 Å². The molecule has 0 fully saturated rings. The number of aliphatic imine (C=N–C) groups is 1. The van der Waals surface area contributed by atoms with Crippen molar-refractivity contribution in [3.63, 3.8) is 0 Å². The first kappa shape index (κ1) is 8.82. The Bertz CT molecular complexity index is 185. The summed E-state index contributed by atoms with van der Waals surface area (Å²) in [6, 6.07) is 0. The van der Waals surface area contributed by atoms with Crippen LogP contribution in [0.2, 0.25) is 0 Å². The Labute approximate surface area is 60.3 Å². The highest BCUT2D eigenvalue weighted by Gasteiger charge is 1.77. The molecule has 0 aromatic rings. The van der Waals surface area contributed by atoms with Crippen LogP contribution in [0.5, 0.6) is 0 Å². The monoisotopic (exact) mass is 139 g/mol. The SMILES string of the molecule is C=CC(=C)/C=N/C=C(\C)F. The molecule has 0 aliphatic carbocycles. The fourth-order valence-corrected chi connectivity index (χ4v) is 0.288. The normalized spacial score (nSPS) is 12.0. The van der Waals surface area contributed by atoms with E-state index in [0.717, 1.165) is 6.20 Å². The summed E-state index contributed by atoms with van der Waals surface area (Å²) in [7, 11) is 0. The molecule has 0 bridgehead atoms. The second-order valence-corrected chi connectivity index (χ2v) is 1.77. The molecule has 0 aromatic heterocycles. The highest BCUT2D eigenvalue weighted by atomic mass is 19.1. The minimum atomic E-state index is -0.326. The molecule has 0 aliphatic rings. The van der Waals surface area contributed by atoms with Crippen LogP contribution in [0, 0.1) is 0 Å². The molecular formula is C8H10FN. The Hall–Kier alpha value is -1.18. The maximum atomic E-state index is 11.9. The van der Waals surface area contributed by atoms with Crippen LogP contribution < -0.4 is 0 Å². The van der Waals surface area contributed by atoms with E-state index in [9.17, 15) is 4.39 Å². The van der Waals surface area contributed by atoms with E-state index >= 15 is 0 Å². The third-order valence-corrected chi connectivity index (χ3v) is 0.755. The standard InChI is InChI=1S/C8H10FN/c1-4-7(2)5-10-6-8(3)9/h4-6H,1-2H2,3H3/b8-6+,10-5+. The van der Waals surface area contributed by atoms with Crippen molar-refractivity contribution < 1.29 is 4.39 Å². The van der Waals surface area contributed by atoms with E-state index in [4.69, 9.17) is 0 Å². The van der Waals surface area contributed by atoms with Gasteiger partial charge in [-0.1, -0.05) is 19.2 Å². The lowest BCUT2D eigenvalue weighted by Gasteiger charge is -1.82. The van der Waals surface area contributed by atoms with E-state index in [0.29, 0.717) is 5.57 Å². The summed E-state index contributed by atoms with van der Waals surface area (Å²) < 4.78 is 11.9. The van der Waals surface area contributed by atoms with E-state index in [1.54, 1.807) is 6.08 Å². The summed E-state index contributed by atoms with van der Waals surface area (Å²) in [4.78, 5) is 3.61. The zero-order valence-electron chi connectivity index (χ0n) is 5.97. The van der Waals surface area contributed by atoms with Gasteiger partial charge in [0.25, 0.3) is 0 Å². The van der Waals surface area contributed by atoms with Gasteiger partial charge in [-0.25, -0.2) is 4.39 Å². The quantitative estimate of drug-likeness (QED) is 0.421. The van der Waals surface area contributed by atoms with Crippen LogP contribution in [-0.4, -0.2) is 6.21 Å². The van der Waals surface area contributed by atoms with Gasteiger partial charge in [-0.15, -0.1) is 0 Å². The van der Waals surface area contributed by atoms with Gasteiger partial charge in [0.1, 0.15) is 5.83 Å². The van der Waals surface area contributed by atoms with Crippen molar-refractivity contribution >= 4 is 6.21 Å². The molecule has 0 saturated heterocycles. The zero-order valence-corrected chi connectivity index (χ0v) is 5.97. The second-order valence-electron chi connectivity index (χ2n) is 1.77. The molecule has 0 N–H and O–H groups in total. The van der Waals surface area contributed by atoms with E-state index in [1.165, 1.54) is 13.1 Å². The van der Waals surface area contributed by atoms with E-state index in [1.807, 2.05) is 0 Å². The molecule has 0 aromatic carbocycles. The van der Waals surface area contributed by atoms with Gasteiger partial charge in [-0.3, -0.25) is 4.99 Å². The Morgan fingerprint density at radius 2 is 2.20 bits per heavy atom. The predicted molar refractivity (Wildman–Crippen MR) is 42.7 cm³/mol. The van der Waals surface area contributed by atoms with Gasteiger partial charge in [0.05, 0.1) is 6.20 Å². The van der Waals surface area contributed by atoms with E-state index in [2.05, 4.69) is 18.2 Å². The van der Waals surface area contributed by atoms with Crippen molar-refractivity contribution in [2.45, 2.75) is 6.92 Å². The number of rotatable bonds is 3. The lowest BCUT2D eigenvalue weighted by atomic mass is 10.3. The second kappa shape index (κ2) is 4.68. The van der Waals surface area contributed by atoms with Gasteiger partial charge >= 0.3 is 0 Å². The topological polar surface area (TPSA) is 12.4 Å². The first-order valence-electron chi connectivity index (χ1n) is 2.83. The zero-order chi connectivity index (χ0) is 7.98. The molecule has 0 unspecified atom stereocenters. The summed E-state index contributed by atoms with van der Waals surface area (Å²) in [5.74, 6) is -0.326. The van der Waals surface area contributed by atoms with Crippen LogP contribution in [0.15, 0.2) is 41.8 Å². The molecule has 0 radical (unpaired) electrons. The van der Waals surface area contributed by atoms with Crippen LogP contribution >= 0.6 is 0 Å². The molecule has 0 aliphatic heterocycles. The molecule has 0 saturated carbocycles. The molecular weight excluding hydrogens is 129 g/mol. The molecule has 0 spiro atoms. The van der Waals surface area contributed by atoms with Gasteiger partial charge in [-0.05, 0) is 12.5 Å². The maximum absolute atomic E-state index is 11.9. The van der Waals surface area contributed by atoms with Crippen LogP contribution in [-0.2, 0) is 0 Å². The first-order valence-corrected chi connectivity index (χ1v) is 2.83. The molecule has 0 heterocycles. The molecule has 0 atom stereocenters. The fraction of sp³-hybridized carbons (Fsp3) is 0.125. The average Bonchev–Trinajstić information content (AvgIpc) is 1.87. The van der Waals surface area contributed by atoms with Crippen molar-refractivity contribution in [2.24, 2.45) is 4.99 Å². The maximum Gasteiger partial charge on any atom is 0.115 e. The smallest absolute Gasteiger partial charge is 0.115 e. The Balaban J connectivity index is 3.89. The largest absolute Gasteiger partial charge is 0.261 e. The van der Waals surface area contributed by atoms with Crippen molar-refractivity contribution in [3.8, 4) is 0 Å². The molecule has 0 amide bonds. The number of hydrogen-bond donors (Lipinski definition) is 0. The molecule has 1 nitrogen and oxygen atoms in total. The molecule has 54 valence electrons. The summed E-state index contributed by atoms with van der Waals surface area (Å²) in [5.41, 5.74) is 0.664. The van der Waals surface area contributed by atoms with Gasteiger partial charge in [0.15, 0.2) is 0 Å². The molecule has 0 rings (SSSR count). The van der Waals surface area contributed by atoms with Crippen molar-refractivity contribution in [1.82, 2.24) is 0 Å². The minimum Gasteiger partial charge on any atom is -0.261 e. The van der Waals surface area contributed by atoms with Crippen LogP contribution in [0.25, 0.3) is 0 Å². The Morgan fingerprint density at radius 1 is 1.60 bits per heavy atom. The number of halogens is 1. The summed E-state index contributed by atoms with van der Waals surface area (Å²) >= 11 is 0. The highest BCUT2D eigenvalue weighted by Crippen LogP contribution is 1.92. The molecule has 10 heavy (non-hydrogen) atoms. The third-order valence-electron chi connectivity index (χ3n) is 0.755. The summed E-state index contributed by atoms with van der Waals surface area (Å²) in [6.45, 7) is 8.33. The lowest BCUT2D eigenvalue weighted by Crippen LogP contribution is -1.72. The lowest BCUT2D eigenvalue weighted by molar-refractivity contribution is 0.637.